The van der Waals surface area contributed by atoms with Crippen molar-refractivity contribution in [1.29, 1.82) is 0 Å². The lowest BCUT2D eigenvalue weighted by atomic mass is 10.1. The van der Waals surface area contributed by atoms with Crippen LogP contribution in [-0.2, 0) is 11.3 Å². The van der Waals surface area contributed by atoms with Gasteiger partial charge in [-0.1, -0.05) is 18.2 Å². The van der Waals surface area contributed by atoms with Crippen LogP contribution in [0.15, 0.2) is 41.5 Å². The Bertz CT molecular complexity index is 749. The third kappa shape index (κ3) is 5.76. The van der Waals surface area contributed by atoms with Crippen molar-refractivity contribution in [3.63, 3.8) is 0 Å². The molecule has 27 heavy (non-hydrogen) atoms. The standard InChI is InChI=1S/C20H29N5O.HI/c1-15(25-10-11-26-14-16(25)2)12-23-20(21-3)24-13-17-8-9-22-19-7-5-4-6-18(17)19;/h4-9,15-16H,10-14H2,1-3H3,(H2,21,23,24);1H. The number of benzene rings is 1. The van der Waals surface area contributed by atoms with Gasteiger partial charge in [0.1, 0.15) is 0 Å². The third-order valence-corrected chi connectivity index (χ3v) is 4.96. The lowest BCUT2D eigenvalue weighted by molar-refractivity contribution is -0.0174. The van der Waals surface area contributed by atoms with Gasteiger partial charge in [-0.25, -0.2) is 0 Å². The molecule has 7 heteroatoms. The molecule has 1 aromatic carbocycles. The Balaban J connectivity index is 0.00000261. The number of hydrogen-bond donors (Lipinski definition) is 2. The minimum absolute atomic E-state index is 0. The Hall–Kier alpha value is -1.45. The monoisotopic (exact) mass is 483 g/mol. The normalized spacial score (nSPS) is 19.4. The van der Waals surface area contributed by atoms with E-state index in [9.17, 15) is 0 Å². The first-order chi connectivity index (χ1) is 12.7. The molecule has 0 saturated carbocycles. The number of nitrogens with zero attached hydrogens (tertiary/aromatic N) is 3. The lowest BCUT2D eigenvalue weighted by Crippen LogP contribution is -2.52. The molecule has 3 rings (SSSR count). The van der Waals surface area contributed by atoms with Gasteiger partial charge >= 0.3 is 0 Å². The van der Waals surface area contributed by atoms with E-state index in [1.807, 2.05) is 31.4 Å². The predicted octanol–water partition coefficient (Wildman–Crippen LogP) is 2.63. The van der Waals surface area contributed by atoms with Crippen molar-refractivity contribution >= 4 is 40.8 Å². The number of para-hydroxylation sites is 1. The molecular weight excluding hydrogens is 453 g/mol. The van der Waals surface area contributed by atoms with E-state index in [1.165, 1.54) is 10.9 Å². The molecule has 1 saturated heterocycles. The molecule has 1 aromatic heterocycles. The maximum atomic E-state index is 5.53. The Morgan fingerprint density at radius 1 is 1.33 bits per heavy atom. The van der Waals surface area contributed by atoms with E-state index in [2.05, 4.69) is 51.5 Å². The van der Waals surface area contributed by atoms with Crippen LogP contribution >= 0.6 is 24.0 Å². The van der Waals surface area contributed by atoms with Crippen LogP contribution < -0.4 is 10.6 Å². The average molecular weight is 483 g/mol. The highest BCUT2D eigenvalue weighted by molar-refractivity contribution is 14.0. The van der Waals surface area contributed by atoms with Crippen LogP contribution in [0.5, 0.6) is 0 Å². The van der Waals surface area contributed by atoms with Gasteiger partial charge in [0.05, 0.1) is 18.7 Å². The molecule has 0 spiro atoms. The first-order valence-electron chi connectivity index (χ1n) is 9.29. The Morgan fingerprint density at radius 2 is 2.15 bits per heavy atom. The van der Waals surface area contributed by atoms with Crippen LogP contribution in [0.1, 0.15) is 19.4 Å². The highest BCUT2D eigenvalue weighted by atomic mass is 127. The second-order valence-electron chi connectivity index (χ2n) is 6.80. The van der Waals surface area contributed by atoms with E-state index in [-0.39, 0.29) is 24.0 Å². The summed E-state index contributed by atoms with van der Waals surface area (Å²) in [6, 6.07) is 11.1. The summed E-state index contributed by atoms with van der Waals surface area (Å²) in [5.41, 5.74) is 2.23. The van der Waals surface area contributed by atoms with Gasteiger partial charge in [-0.2, -0.15) is 0 Å². The van der Waals surface area contributed by atoms with Gasteiger partial charge in [0, 0.05) is 50.3 Å². The summed E-state index contributed by atoms with van der Waals surface area (Å²) < 4.78 is 5.53. The number of morpholine rings is 1. The number of nitrogens with one attached hydrogen (secondary N) is 2. The molecule has 2 N–H and O–H groups in total. The van der Waals surface area contributed by atoms with Gasteiger partial charge in [-0.3, -0.25) is 14.9 Å². The zero-order valence-electron chi connectivity index (χ0n) is 16.3. The fraction of sp³-hybridized carbons (Fsp3) is 0.500. The van der Waals surface area contributed by atoms with E-state index in [4.69, 9.17) is 4.74 Å². The van der Waals surface area contributed by atoms with E-state index in [1.54, 1.807) is 0 Å². The van der Waals surface area contributed by atoms with Crippen LogP contribution in [0.2, 0.25) is 0 Å². The number of halogens is 1. The molecule has 0 amide bonds. The predicted molar refractivity (Wildman–Crippen MR) is 122 cm³/mol. The van der Waals surface area contributed by atoms with Gasteiger partial charge in [-0.15, -0.1) is 24.0 Å². The van der Waals surface area contributed by atoms with Crippen molar-refractivity contribution in [2.24, 2.45) is 4.99 Å². The highest BCUT2D eigenvalue weighted by Gasteiger charge is 2.23. The number of hydrogen-bond acceptors (Lipinski definition) is 4. The molecule has 1 aliphatic rings. The summed E-state index contributed by atoms with van der Waals surface area (Å²) >= 11 is 0. The van der Waals surface area contributed by atoms with Crippen molar-refractivity contribution < 1.29 is 4.74 Å². The second kappa shape index (κ2) is 10.8. The zero-order chi connectivity index (χ0) is 18.4. The maximum Gasteiger partial charge on any atom is 0.191 e. The topological polar surface area (TPSA) is 61.8 Å². The lowest BCUT2D eigenvalue weighted by Gasteiger charge is -2.38. The quantitative estimate of drug-likeness (QED) is 0.389. The molecule has 148 valence electrons. The largest absolute Gasteiger partial charge is 0.379 e. The van der Waals surface area contributed by atoms with Crippen molar-refractivity contribution in [3.05, 3.63) is 42.1 Å². The van der Waals surface area contributed by atoms with Gasteiger partial charge in [0.2, 0.25) is 0 Å². The van der Waals surface area contributed by atoms with Crippen LogP contribution in [0.3, 0.4) is 0 Å². The minimum atomic E-state index is 0. The SMILES string of the molecule is CN=C(NCc1ccnc2ccccc12)NCC(C)N1CCOCC1C.I. The molecule has 2 atom stereocenters. The Kier molecular flexibility index (Phi) is 8.72. The zero-order valence-corrected chi connectivity index (χ0v) is 18.6. The van der Waals surface area contributed by atoms with Gasteiger partial charge in [0.25, 0.3) is 0 Å². The summed E-state index contributed by atoms with van der Waals surface area (Å²) in [4.78, 5) is 11.3. The number of pyridine rings is 1. The van der Waals surface area contributed by atoms with Crippen LogP contribution in [0.4, 0.5) is 0 Å². The highest BCUT2D eigenvalue weighted by Crippen LogP contribution is 2.15. The molecule has 0 bridgehead atoms. The second-order valence-corrected chi connectivity index (χ2v) is 6.80. The summed E-state index contributed by atoms with van der Waals surface area (Å²) in [6.45, 7) is 8.64. The van der Waals surface area contributed by atoms with E-state index in [0.717, 1.165) is 37.8 Å². The molecule has 2 heterocycles. The number of aromatic nitrogens is 1. The molecule has 0 aliphatic carbocycles. The van der Waals surface area contributed by atoms with E-state index < -0.39 is 0 Å². The van der Waals surface area contributed by atoms with Crippen molar-refractivity contribution in [2.45, 2.75) is 32.5 Å². The van der Waals surface area contributed by atoms with Gasteiger partial charge in [-0.05, 0) is 31.5 Å². The molecule has 0 radical (unpaired) electrons. The molecule has 1 aliphatic heterocycles. The molecule has 2 aromatic rings. The van der Waals surface area contributed by atoms with Crippen LogP contribution in [-0.4, -0.2) is 61.3 Å². The van der Waals surface area contributed by atoms with Crippen LogP contribution in [0.25, 0.3) is 10.9 Å². The molecular formula is C20H30IN5O. The fourth-order valence-electron chi connectivity index (χ4n) is 3.47. The summed E-state index contributed by atoms with van der Waals surface area (Å²) in [5, 5.41) is 8.04. The number of rotatable bonds is 5. The third-order valence-electron chi connectivity index (χ3n) is 4.96. The van der Waals surface area contributed by atoms with Crippen molar-refractivity contribution in [2.75, 3.05) is 33.4 Å². The fourth-order valence-corrected chi connectivity index (χ4v) is 3.47. The van der Waals surface area contributed by atoms with Gasteiger partial charge < -0.3 is 15.4 Å². The minimum Gasteiger partial charge on any atom is -0.379 e. The first kappa shape index (κ1) is 21.8. The van der Waals surface area contributed by atoms with Crippen molar-refractivity contribution in [3.8, 4) is 0 Å². The number of aliphatic imine (C=N–C) groups is 1. The van der Waals surface area contributed by atoms with Crippen LogP contribution in [0, 0.1) is 0 Å². The van der Waals surface area contributed by atoms with Gasteiger partial charge in [0.15, 0.2) is 5.96 Å². The Labute approximate surface area is 178 Å². The van der Waals surface area contributed by atoms with E-state index >= 15 is 0 Å². The molecule has 2 unspecified atom stereocenters. The van der Waals surface area contributed by atoms with Crippen molar-refractivity contribution in [1.82, 2.24) is 20.5 Å². The molecule has 6 nitrogen and oxygen atoms in total. The average Bonchev–Trinajstić information content (AvgIpc) is 2.68. The summed E-state index contributed by atoms with van der Waals surface area (Å²) in [7, 11) is 1.81. The summed E-state index contributed by atoms with van der Waals surface area (Å²) in [6.07, 6.45) is 1.86. The Morgan fingerprint density at radius 3 is 2.93 bits per heavy atom. The maximum absolute atomic E-state index is 5.53. The smallest absolute Gasteiger partial charge is 0.191 e. The molecule has 1 fully saturated rings. The number of fused-ring (bicyclic) bond motifs is 1. The number of ether oxygens (including phenoxy) is 1. The van der Waals surface area contributed by atoms with E-state index in [0.29, 0.717) is 18.6 Å². The number of guanidine groups is 1. The summed E-state index contributed by atoms with van der Waals surface area (Å²) in [5.74, 6) is 0.818. The first-order valence-corrected chi connectivity index (χ1v) is 9.29.